The van der Waals surface area contributed by atoms with Gasteiger partial charge < -0.3 is 9.64 Å². The molecule has 0 saturated carbocycles. The number of nitrogens with zero attached hydrogens (tertiary/aromatic N) is 4. The van der Waals surface area contributed by atoms with Gasteiger partial charge in [-0.15, -0.1) is 6.58 Å². The molecule has 1 aromatic heterocycles. The predicted octanol–water partition coefficient (Wildman–Crippen LogP) is 3.16. The van der Waals surface area contributed by atoms with Crippen LogP contribution in [-0.4, -0.2) is 39.2 Å². The second-order valence-electron chi connectivity index (χ2n) is 6.11. The Morgan fingerprint density at radius 1 is 1.15 bits per heavy atom. The van der Waals surface area contributed by atoms with Gasteiger partial charge in [0, 0.05) is 18.7 Å². The van der Waals surface area contributed by atoms with Crippen LogP contribution < -0.4 is 4.74 Å². The van der Waals surface area contributed by atoms with Gasteiger partial charge >= 0.3 is 0 Å². The highest BCUT2D eigenvalue weighted by molar-refractivity contribution is 5.94. The van der Waals surface area contributed by atoms with Crippen LogP contribution in [0.3, 0.4) is 0 Å². The minimum absolute atomic E-state index is 0.0296. The van der Waals surface area contributed by atoms with E-state index in [-0.39, 0.29) is 5.91 Å². The number of hydrogen-bond donors (Lipinski definition) is 0. The van der Waals surface area contributed by atoms with Crippen LogP contribution in [0.1, 0.15) is 21.5 Å². The zero-order valence-corrected chi connectivity index (χ0v) is 15.3. The van der Waals surface area contributed by atoms with Gasteiger partial charge in [0.15, 0.2) is 0 Å². The molecule has 2 aromatic carbocycles. The number of carbonyl (C=O) groups is 1. The topological polar surface area (TPSA) is 60.2 Å². The SMILES string of the molecule is C=CCN(Cc1ccc(OC)cc1)C(=O)c1ccc(Cn2cncn2)cc1. The van der Waals surface area contributed by atoms with Gasteiger partial charge in [-0.25, -0.2) is 9.67 Å². The Labute approximate surface area is 158 Å². The van der Waals surface area contributed by atoms with Gasteiger partial charge in [-0.05, 0) is 35.4 Å². The van der Waals surface area contributed by atoms with Crippen LogP contribution in [0.15, 0.2) is 73.8 Å². The molecule has 27 heavy (non-hydrogen) atoms. The molecule has 3 rings (SSSR count). The Morgan fingerprint density at radius 3 is 2.44 bits per heavy atom. The summed E-state index contributed by atoms with van der Waals surface area (Å²) in [5.74, 6) is 0.765. The van der Waals surface area contributed by atoms with Crippen LogP contribution in [-0.2, 0) is 13.1 Å². The molecule has 3 aromatic rings. The van der Waals surface area contributed by atoms with Crippen LogP contribution in [0.5, 0.6) is 5.75 Å². The maximum absolute atomic E-state index is 12.9. The predicted molar refractivity (Wildman–Crippen MR) is 103 cm³/mol. The van der Waals surface area contributed by atoms with Crippen LogP contribution in [0, 0.1) is 0 Å². The minimum atomic E-state index is -0.0296. The van der Waals surface area contributed by atoms with Crippen molar-refractivity contribution in [2.45, 2.75) is 13.1 Å². The highest BCUT2D eigenvalue weighted by Gasteiger charge is 2.15. The Balaban J connectivity index is 1.70. The lowest BCUT2D eigenvalue weighted by molar-refractivity contribution is 0.0762. The zero-order chi connectivity index (χ0) is 19.1. The zero-order valence-electron chi connectivity index (χ0n) is 15.3. The van der Waals surface area contributed by atoms with Gasteiger partial charge in [-0.1, -0.05) is 30.3 Å². The largest absolute Gasteiger partial charge is 0.497 e. The first-order valence-electron chi connectivity index (χ1n) is 8.64. The standard InChI is InChI=1S/C21H22N4O2/c1-3-12-24(13-17-6-10-20(27-2)11-7-17)21(26)19-8-4-18(5-9-19)14-25-16-22-15-23-25/h3-11,15-16H,1,12-14H2,2H3. The Hall–Kier alpha value is -3.41. The van der Waals surface area contributed by atoms with Crippen molar-refractivity contribution in [2.75, 3.05) is 13.7 Å². The molecule has 1 amide bonds. The van der Waals surface area contributed by atoms with Gasteiger partial charge in [0.05, 0.1) is 13.7 Å². The molecule has 0 aliphatic carbocycles. The average molecular weight is 362 g/mol. The number of aromatic nitrogens is 3. The van der Waals surface area contributed by atoms with E-state index < -0.39 is 0 Å². The lowest BCUT2D eigenvalue weighted by atomic mass is 10.1. The van der Waals surface area contributed by atoms with E-state index in [9.17, 15) is 4.79 Å². The molecule has 0 fully saturated rings. The maximum Gasteiger partial charge on any atom is 0.254 e. The molecule has 0 atom stereocenters. The van der Waals surface area contributed by atoms with E-state index in [1.54, 1.807) is 29.1 Å². The molecule has 6 nitrogen and oxygen atoms in total. The first kappa shape index (κ1) is 18.4. The van der Waals surface area contributed by atoms with E-state index in [2.05, 4.69) is 16.7 Å². The highest BCUT2D eigenvalue weighted by Crippen LogP contribution is 2.15. The third-order valence-electron chi connectivity index (χ3n) is 4.18. The summed E-state index contributed by atoms with van der Waals surface area (Å²) in [6.07, 6.45) is 4.91. The van der Waals surface area contributed by atoms with Crippen LogP contribution in [0.2, 0.25) is 0 Å². The van der Waals surface area contributed by atoms with E-state index in [1.165, 1.54) is 6.33 Å². The van der Waals surface area contributed by atoms with Gasteiger partial charge in [0.2, 0.25) is 0 Å². The maximum atomic E-state index is 12.9. The summed E-state index contributed by atoms with van der Waals surface area (Å²) in [5, 5.41) is 4.09. The van der Waals surface area contributed by atoms with Gasteiger partial charge in [-0.2, -0.15) is 5.10 Å². The van der Waals surface area contributed by atoms with E-state index >= 15 is 0 Å². The lowest BCUT2D eigenvalue weighted by Crippen LogP contribution is -2.30. The van der Waals surface area contributed by atoms with Crippen molar-refractivity contribution in [3.8, 4) is 5.75 Å². The first-order chi connectivity index (χ1) is 13.2. The second-order valence-corrected chi connectivity index (χ2v) is 6.11. The van der Waals surface area contributed by atoms with E-state index in [1.807, 2.05) is 48.5 Å². The number of methoxy groups -OCH3 is 1. The average Bonchev–Trinajstić information content (AvgIpc) is 3.21. The van der Waals surface area contributed by atoms with Crippen molar-refractivity contribution in [1.82, 2.24) is 19.7 Å². The fourth-order valence-electron chi connectivity index (χ4n) is 2.76. The molecular weight excluding hydrogens is 340 g/mol. The fourth-order valence-corrected chi connectivity index (χ4v) is 2.76. The molecule has 0 radical (unpaired) electrons. The third kappa shape index (κ3) is 4.82. The number of carbonyl (C=O) groups excluding carboxylic acids is 1. The Kier molecular flexibility index (Phi) is 5.99. The number of rotatable bonds is 8. The Morgan fingerprint density at radius 2 is 1.85 bits per heavy atom. The smallest absolute Gasteiger partial charge is 0.254 e. The number of benzene rings is 2. The third-order valence-corrected chi connectivity index (χ3v) is 4.18. The van der Waals surface area contributed by atoms with Crippen molar-refractivity contribution in [2.24, 2.45) is 0 Å². The molecule has 6 heteroatoms. The highest BCUT2D eigenvalue weighted by atomic mass is 16.5. The summed E-state index contributed by atoms with van der Waals surface area (Å²) in [4.78, 5) is 18.6. The normalized spacial score (nSPS) is 10.4. The lowest BCUT2D eigenvalue weighted by Gasteiger charge is -2.21. The molecule has 0 aliphatic rings. The molecule has 0 spiro atoms. The summed E-state index contributed by atoms with van der Waals surface area (Å²) in [6, 6.07) is 15.3. The van der Waals surface area contributed by atoms with Gasteiger partial charge in [0.25, 0.3) is 5.91 Å². The monoisotopic (exact) mass is 362 g/mol. The molecule has 0 unspecified atom stereocenters. The molecule has 0 N–H and O–H groups in total. The van der Waals surface area contributed by atoms with E-state index in [4.69, 9.17) is 4.74 Å². The van der Waals surface area contributed by atoms with Crippen LogP contribution in [0.25, 0.3) is 0 Å². The molecule has 138 valence electrons. The van der Waals surface area contributed by atoms with E-state index in [0.29, 0.717) is 25.2 Å². The molecule has 0 saturated heterocycles. The summed E-state index contributed by atoms with van der Waals surface area (Å²) in [7, 11) is 1.63. The van der Waals surface area contributed by atoms with Crippen molar-refractivity contribution >= 4 is 5.91 Å². The van der Waals surface area contributed by atoms with Gasteiger partial charge in [0.1, 0.15) is 18.4 Å². The number of amides is 1. The van der Waals surface area contributed by atoms with Crippen LogP contribution in [0.4, 0.5) is 0 Å². The molecule has 1 heterocycles. The van der Waals surface area contributed by atoms with Crippen molar-refractivity contribution < 1.29 is 9.53 Å². The first-order valence-corrected chi connectivity index (χ1v) is 8.64. The fraction of sp³-hybridized carbons (Fsp3) is 0.190. The van der Waals surface area contributed by atoms with Crippen molar-refractivity contribution in [1.29, 1.82) is 0 Å². The minimum Gasteiger partial charge on any atom is -0.497 e. The summed E-state index contributed by atoms with van der Waals surface area (Å²) >= 11 is 0. The van der Waals surface area contributed by atoms with Crippen LogP contribution >= 0.6 is 0 Å². The van der Waals surface area contributed by atoms with Crippen molar-refractivity contribution in [3.05, 3.63) is 90.5 Å². The summed E-state index contributed by atoms with van der Waals surface area (Å²) in [5.41, 5.74) is 2.74. The Bertz CT molecular complexity index is 872. The molecular formula is C21H22N4O2. The quantitative estimate of drug-likeness (QED) is 0.578. The summed E-state index contributed by atoms with van der Waals surface area (Å²) < 4.78 is 6.92. The van der Waals surface area contributed by atoms with E-state index in [0.717, 1.165) is 16.9 Å². The van der Waals surface area contributed by atoms with Gasteiger partial charge in [-0.3, -0.25) is 4.79 Å². The molecule has 0 aliphatic heterocycles. The number of ether oxygens (including phenoxy) is 1. The second kappa shape index (κ2) is 8.80. The summed E-state index contributed by atoms with van der Waals surface area (Å²) in [6.45, 7) is 5.38. The molecule has 0 bridgehead atoms. The van der Waals surface area contributed by atoms with Crippen molar-refractivity contribution in [3.63, 3.8) is 0 Å². The number of hydrogen-bond acceptors (Lipinski definition) is 4.